The maximum Gasteiger partial charge on any atom is 0.261 e. The number of carboxylic acids is 2. The zero-order valence-corrected chi connectivity index (χ0v) is 25.1. The number of carboxylic acid groups (broad SMARTS) is 2. The highest BCUT2D eigenvalue weighted by molar-refractivity contribution is 7.14. The summed E-state index contributed by atoms with van der Waals surface area (Å²) in [7, 11) is 0. The van der Waals surface area contributed by atoms with Crippen molar-refractivity contribution in [3.63, 3.8) is 0 Å². The smallest absolute Gasteiger partial charge is 0.261 e. The minimum atomic E-state index is -1.60. The second-order valence-electron chi connectivity index (χ2n) is 11.8. The van der Waals surface area contributed by atoms with Gasteiger partial charge in [0.2, 0.25) is 0 Å². The van der Waals surface area contributed by atoms with E-state index >= 15 is 0 Å². The maximum absolute atomic E-state index is 13.1. The minimum Gasteiger partial charge on any atom is -0.546 e. The van der Waals surface area contributed by atoms with Crippen LogP contribution in [0.3, 0.4) is 0 Å². The number of rotatable bonds is 12. The predicted octanol–water partition coefficient (Wildman–Crippen LogP) is 2.16. The molecule has 2 aromatic rings. The lowest BCUT2D eigenvalue weighted by Gasteiger charge is -2.49. The molecule has 11 heteroatoms. The summed E-state index contributed by atoms with van der Waals surface area (Å²) in [4.78, 5) is 51.9. The Morgan fingerprint density at radius 2 is 1.60 bits per heavy atom. The standard InChI is InChI=1S/C32H40N2O8S/c35-24(18-34-30(38)28-16-21-17-33-14-13-27(21)43-28)20-11-12-25(26(15-20)41-19-29(36)37)42-32(31(39)40,22-7-3-1-4-8-22)23-9-5-2-6-10-23/h11-12,15-16,22-23,33H,1-10,13-14,17-19H2,(H,34,38)(H,36,37)(H,39,40)/p-2. The number of ketones is 1. The second kappa shape index (κ2) is 13.9. The topological polar surface area (TPSA) is 157 Å². The fraction of sp³-hybridized carbons (Fsp3) is 0.562. The van der Waals surface area contributed by atoms with Crippen LogP contribution in [-0.4, -0.2) is 48.9 Å². The van der Waals surface area contributed by atoms with E-state index in [4.69, 9.17) is 9.47 Å². The Labute approximate surface area is 255 Å². The first-order valence-electron chi connectivity index (χ1n) is 15.3. The van der Waals surface area contributed by atoms with Crippen LogP contribution in [0.5, 0.6) is 11.5 Å². The SMILES string of the molecule is O=C([O-])COc1cc(C(=O)CNC(=O)c2cc3c(s2)CCNC3)ccc1OC(C(=O)[O-])(C1CCCCC1)C1CCCCC1. The lowest BCUT2D eigenvalue weighted by Crippen LogP contribution is -2.62. The number of nitrogens with one attached hydrogen (secondary N) is 2. The Morgan fingerprint density at radius 3 is 2.21 bits per heavy atom. The van der Waals surface area contributed by atoms with Crippen LogP contribution < -0.4 is 30.3 Å². The van der Waals surface area contributed by atoms with Crippen LogP contribution in [0.25, 0.3) is 0 Å². The van der Waals surface area contributed by atoms with E-state index in [1.807, 2.05) is 6.07 Å². The highest BCUT2D eigenvalue weighted by Gasteiger charge is 2.50. The van der Waals surface area contributed by atoms with Crippen LogP contribution in [0.15, 0.2) is 24.3 Å². The normalized spacial score (nSPS) is 18.0. The van der Waals surface area contributed by atoms with Gasteiger partial charge in [-0.1, -0.05) is 38.5 Å². The summed E-state index contributed by atoms with van der Waals surface area (Å²) in [6, 6.07) is 6.10. The zero-order chi connectivity index (χ0) is 30.4. The van der Waals surface area contributed by atoms with Crippen molar-refractivity contribution >= 4 is 35.0 Å². The van der Waals surface area contributed by atoms with Gasteiger partial charge in [0, 0.05) is 35.4 Å². The largest absolute Gasteiger partial charge is 0.546 e. The molecule has 0 spiro atoms. The van der Waals surface area contributed by atoms with Gasteiger partial charge < -0.3 is 39.9 Å². The fourth-order valence-electron chi connectivity index (χ4n) is 6.85. The van der Waals surface area contributed by atoms with E-state index in [0.29, 0.717) is 37.1 Å². The first kappa shape index (κ1) is 31.0. The van der Waals surface area contributed by atoms with Crippen LogP contribution >= 0.6 is 11.3 Å². The van der Waals surface area contributed by atoms with Gasteiger partial charge >= 0.3 is 0 Å². The Balaban J connectivity index is 1.38. The van der Waals surface area contributed by atoms with Gasteiger partial charge in [0.1, 0.15) is 6.61 Å². The molecule has 0 radical (unpaired) electrons. The Bertz CT molecular complexity index is 1300. The third-order valence-electron chi connectivity index (χ3n) is 9.01. The molecule has 2 fully saturated rings. The zero-order valence-electron chi connectivity index (χ0n) is 24.2. The molecule has 5 rings (SSSR count). The lowest BCUT2D eigenvalue weighted by molar-refractivity contribution is -0.331. The van der Waals surface area contributed by atoms with E-state index in [2.05, 4.69) is 10.6 Å². The maximum atomic E-state index is 13.1. The fourth-order valence-corrected chi connectivity index (χ4v) is 7.95. The molecular formula is C32H38N2O8S-2. The van der Waals surface area contributed by atoms with Crippen LogP contribution in [0, 0.1) is 11.8 Å². The van der Waals surface area contributed by atoms with Crippen LogP contribution in [0.1, 0.15) is 94.7 Å². The highest BCUT2D eigenvalue weighted by Crippen LogP contribution is 2.47. The molecule has 0 bridgehead atoms. The Morgan fingerprint density at radius 1 is 0.930 bits per heavy atom. The molecule has 2 N–H and O–H groups in total. The number of aliphatic carboxylic acids is 2. The van der Waals surface area contributed by atoms with E-state index < -0.39 is 29.9 Å². The summed E-state index contributed by atoms with van der Waals surface area (Å²) in [6.07, 6.45) is 9.28. The van der Waals surface area contributed by atoms with E-state index in [1.54, 1.807) is 0 Å². The molecule has 0 saturated heterocycles. The summed E-state index contributed by atoms with van der Waals surface area (Å²) in [5.74, 6) is -4.08. The third kappa shape index (κ3) is 7.04. The predicted molar refractivity (Wildman–Crippen MR) is 155 cm³/mol. The Kier molecular flexibility index (Phi) is 10.0. The average molecular weight is 611 g/mol. The molecule has 2 aliphatic carbocycles. The molecule has 1 aliphatic heterocycles. The van der Waals surface area contributed by atoms with Gasteiger partial charge in [0.25, 0.3) is 5.91 Å². The number of benzene rings is 1. The summed E-state index contributed by atoms with van der Waals surface area (Å²) in [6.45, 7) is 0.475. The molecule has 1 aromatic carbocycles. The van der Waals surface area contributed by atoms with Crippen molar-refractivity contribution in [2.45, 2.75) is 82.8 Å². The number of Topliss-reactive ketones (excluding diaryl/α,β-unsaturated/α-hetero) is 1. The summed E-state index contributed by atoms with van der Waals surface area (Å²) in [5, 5.41) is 30.2. The van der Waals surface area contributed by atoms with Crippen molar-refractivity contribution in [2.24, 2.45) is 11.8 Å². The van der Waals surface area contributed by atoms with Gasteiger partial charge in [-0.05, 0) is 61.9 Å². The number of fused-ring (bicyclic) bond motifs is 1. The first-order valence-corrected chi connectivity index (χ1v) is 16.1. The van der Waals surface area contributed by atoms with Crippen LogP contribution in [0.2, 0.25) is 0 Å². The van der Waals surface area contributed by atoms with Crippen LogP contribution in [-0.2, 0) is 22.6 Å². The molecule has 0 atom stereocenters. The molecular weight excluding hydrogens is 572 g/mol. The van der Waals surface area contributed by atoms with Crippen molar-refractivity contribution in [3.05, 3.63) is 45.1 Å². The number of ether oxygens (including phenoxy) is 2. The third-order valence-corrected chi connectivity index (χ3v) is 10.2. The van der Waals surface area contributed by atoms with Crippen molar-refractivity contribution in [1.29, 1.82) is 0 Å². The van der Waals surface area contributed by atoms with E-state index in [-0.39, 0.29) is 41.4 Å². The Hall–Kier alpha value is -3.44. The average Bonchev–Trinajstić information content (AvgIpc) is 3.47. The quantitative estimate of drug-likeness (QED) is 0.344. The van der Waals surface area contributed by atoms with Crippen molar-refractivity contribution in [1.82, 2.24) is 10.6 Å². The molecule has 0 unspecified atom stereocenters. The molecule has 2 heterocycles. The lowest BCUT2D eigenvalue weighted by atomic mass is 9.66. The summed E-state index contributed by atoms with van der Waals surface area (Å²) < 4.78 is 11.9. The number of carbonyl (C=O) groups excluding carboxylic acids is 4. The summed E-state index contributed by atoms with van der Waals surface area (Å²) in [5.41, 5.74) is -0.354. The number of carbonyl (C=O) groups is 4. The number of hydrogen-bond acceptors (Lipinski definition) is 10. The van der Waals surface area contributed by atoms with Crippen LogP contribution in [0.4, 0.5) is 0 Å². The summed E-state index contributed by atoms with van der Waals surface area (Å²) >= 11 is 1.42. The molecule has 43 heavy (non-hydrogen) atoms. The van der Waals surface area contributed by atoms with E-state index in [9.17, 15) is 29.4 Å². The highest BCUT2D eigenvalue weighted by atomic mass is 32.1. The number of thiophene rings is 1. The monoisotopic (exact) mass is 610 g/mol. The van der Waals surface area contributed by atoms with Gasteiger partial charge in [0.15, 0.2) is 22.9 Å². The molecule has 1 amide bonds. The molecule has 2 saturated carbocycles. The molecule has 10 nitrogen and oxygen atoms in total. The molecule has 1 aromatic heterocycles. The first-order chi connectivity index (χ1) is 20.8. The minimum absolute atomic E-state index is 0.0416. The number of amides is 1. The van der Waals surface area contributed by atoms with Crippen molar-refractivity contribution in [3.8, 4) is 11.5 Å². The van der Waals surface area contributed by atoms with Gasteiger partial charge in [-0.25, -0.2) is 0 Å². The van der Waals surface area contributed by atoms with Gasteiger partial charge in [-0.2, -0.15) is 0 Å². The van der Waals surface area contributed by atoms with Gasteiger partial charge in [0.05, 0.1) is 23.4 Å². The van der Waals surface area contributed by atoms with Crippen molar-refractivity contribution in [2.75, 3.05) is 19.7 Å². The molecule has 3 aliphatic rings. The van der Waals surface area contributed by atoms with E-state index in [1.165, 1.54) is 29.5 Å². The molecule has 232 valence electrons. The number of hydrogen-bond donors (Lipinski definition) is 2. The van der Waals surface area contributed by atoms with Gasteiger partial charge in [-0.3, -0.25) is 9.59 Å². The second-order valence-corrected chi connectivity index (χ2v) is 12.9. The van der Waals surface area contributed by atoms with Gasteiger partial charge in [-0.15, -0.1) is 11.3 Å². The van der Waals surface area contributed by atoms with Crippen molar-refractivity contribution < 1.29 is 38.9 Å². The van der Waals surface area contributed by atoms with E-state index in [0.717, 1.165) is 61.9 Å².